The Balaban J connectivity index is 1.56. The van der Waals surface area contributed by atoms with Crippen LogP contribution in [0, 0.1) is 11.6 Å². The molecule has 35 heavy (non-hydrogen) atoms. The standard InChI is InChI=1S/C23H31F2N5O4S/c1-14(17-12-15(24)7-8-18(17)25)34-21-19(20(26)32)22(35-28-21)27-23(33)29(2)9-3-4-10-30-11-5-6-16(31)13-30/h7-8,12,14,16,31H,3-6,9-11,13H2,1-2H3,(H2,26,32)(H,27,33). The molecule has 9 nitrogen and oxygen atoms in total. The topological polar surface area (TPSA) is 121 Å². The van der Waals surface area contributed by atoms with Crippen LogP contribution in [-0.4, -0.2) is 70.5 Å². The number of rotatable bonds is 10. The molecule has 1 saturated heterocycles. The predicted molar refractivity (Wildman–Crippen MR) is 129 cm³/mol. The van der Waals surface area contributed by atoms with Gasteiger partial charge in [0.15, 0.2) is 0 Å². The van der Waals surface area contributed by atoms with E-state index >= 15 is 0 Å². The van der Waals surface area contributed by atoms with Crippen LogP contribution in [0.3, 0.4) is 0 Å². The van der Waals surface area contributed by atoms with Gasteiger partial charge >= 0.3 is 6.03 Å². The number of halogens is 2. The number of amides is 3. The van der Waals surface area contributed by atoms with E-state index in [0.29, 0.717) is 13.1 Å². The number of ether oxygens (including phenoxy) is 1. The average molecular weight is 512 g/mol. The van der Waals surface area contributed by atoms with Crippen molar-refractivity contribution in [3.8, 4) is 5.88 Å². The van der Waals surface area contributed by atoms with Crippen molar-refractivity contribution in [2.24, 2.45) is 5.73 Å². The molecule has 1 aromatic carbocycles. The van der Waals surface area contributed by atoms with Gasteiger partial charge in [-0.2, -0.15) is 4.37 Å². The Kier molecular flexibility index (Phi) is 9.35. The number of aliphatic hydroxyl groups excluding tert-OH is 1. The third-order valence-electron chi connectivity index (χ3n) is 5.86. The second-order valence-electron chi connectivity index (χ2n) is 8.64. The zero-order valence-corrected chi connectivity index (χ0v) is 20.6. The minimum Gasteiger partial charge on any atom is -0.468 e. The van der Waals surface area contributed by atoms with E-state index in [4.69, 9.17) is 10.5 Å². The van der Waals surface area contributed by atoms with E-state index < -0.39 is 29.7 Å². The number of primary amides is 1. The summed E-state index contributed by atoms with van der Waals surface area (Å²) in [5.41, 5.74) is 5.31. The van der Waals surface area contributed by atoms with Gasteiger partial charge in [0.05, 0.1) is 6.10 Å². The highest BCUT2D eigenvalue weighted by Crippen LogP contribution is 2.33. The highest BCUT2D eigenvalue weighted by molar-refractivity contribution is 7.11. The molecular formula is C23H31F2N5O4S. The Labute approximate surface area is 207 Å². The lowest BCUT2D eigenvalue weighted by molar-refractivity contribution is 0.0696. The minimum absolute atomic E-state index is 0.0437. The minimum atomic E-state index is -0.960. The Bertz CT molecular complexity index is 1040. The van der Waals surface area contributed by atoms with Gasteiger partial charge in [0, 0.05) is 25.7 Å². The van der Waals surface area contributed by atoms with Crippen LogP contribution in [0.15, 0.2) is 18.2 Å². The van der Waals surface area contributed by atoms with Crippen molar-refractivity contribution in [1.82, 2.24) is 14.2 Å². The first-order valence-corrected chi connectivity index (χ1v) is 12.3. The first-order valence-electron chi connectivity index (χ1n) is 11.5. The first-order chi connectivity index (χ1) is 16.7. The highest BCUT2D eigenvalue weighted by Gasteiger charge is 2.25. The Morgan fingerprint density at radius 3 is 2.89 bits per heavy atom. The van der Waals surface area contributed by atoms with Gasteiger partial charge in [-0.15, -0.1) is 0 Å². The molecule has 0 aliphatic carbocycles. The Hall–Kier alpha value is -2.83. The summed E-state index contributed by atoms with van der Waals surface area (Å²) in [6.07, 6.45) is 2.26. The summed E-state index contributed by atoms with van der Waals surface area (Å²) < 4.78 is 37.2. The lowest BCUT2D eigenvalue weighted by Gasteiger charge is -2.30. The molecule has 1 aliphatic rings. The van der Waals surface area contributed by atoms with E-state index in [1.807, 2.05) is 0 Å². The fraction of sp³-hybridized carbons (Fsp3) is 0.522. The van der Waals surface area contributed by atoms with Crippen molar-refractivity contribution in [2.45, 2.75) is 44.8 Å². The number of likely N-dealkylation sites (tertiary alicyclic amines) is 1. The summed E-state index contributed by atoms with van der Waals surface area (Å²) in [6.45, 7) is 4.50. The number of aromatic nitrogens is 1. The zero-order valence-electron chi connectivity index (χ0n) is 19.8. The van der Waals surface area contributed by atoms with Crippen LogP contribution in [0.4, 0.5) is 18.6 Å². The van der Waals surface area contributed by atoms with Gasteiger partial charge in [0.2, 0.25) is 5.88 Å². The third-order valence-corrected chi connectivity index (χ3v) is 6.60. The molecule has 2 atom stereocenters. The van der Waals surface area contributed by atoms with Gasteiger partial charge in [-0.3, -0.25) is 10.1 Å². The predicted octanol–water partition coefficient (Wildman–Crippen LogP) is 3.36. The lowest BCUT2D eigenvalue weighted by atomic mass is 10.1. The number of nitrogens with two attached hydrogens (primary N) is 1. The summed E-state index contributed by atoms with van der Waals surface area (Å²) in [4.78, 5) is 28.4. The number of urea groups is 1. The highest BCUT2D eigenvalue weighted by atomic mass is 32.1. The first kappa shape index (κ1) is 26.8. The smallest absolute Gasteiger partial charge is 0.322 e. The summed E-state index contributed by atoms with van der Waals surface area (Å²) in [7, 11) is 1.64. The average Bonchev–Trinajstić information content (AvgIpc) is 3.20. The van der Waals surface area contributed by atoms with E-state index in [9.17, 15) is 23.5 Å². The number of nitrogens with one attached hydrogen (secondary N) is 1. The van der Waals surface area contributed by atoms with Crippen LogP contribution in [0.25, 0.3) is 0 Å². The number of benzene rings is 1. The molecule has 1 fully saturated rings. The lowest BCUT2D eigenvalue weighted by Crippen LogP contribution is -2.39. The Morgan fingerprint density at radius 2 is 2.17 bits per heavy atom. The molecular weight excluding hydrogens is 480 g/mol. The molecule has 192 valence electrons. The number of carbonyl (C=O) groups excluding carboxylic acids is 2. The zero-order chi connectivity index (χ0) is 25.5. The van der Waals surface area contributed by atoms with Gasteiger partial charge < -0.3 is 25.4 Å². The molecule has 0 spiro atoms. The van der Waals surface area contributed by atoms with Crippen molar-refractivity contribution in [1.29, 1.82) is 0 Å². The molecule has 0 saturated carbocycles. The van der Waals surface area contributed by atoms with Crippen molar-refractivity contribution in [2.75, 3.05) is 38.5 Å². The second-order valence-corrected chi connectivity index (χ2v) is 9.41. The SMILES string of the molecule is CC(Oc1nsc(NC(=O)N(C)CCCCN2CCCC(O)C2)c1C(N)=O)c1cc(F)ccc1F. The van der Waals surface area contributed by atoms with Gasteiger partial charge in [0.25, 0.3) is 5.91 Å². The number of nitrogens with zero attached hydrogens (tertiary/aromatic N) is 3. The van der Waals surface area contributed by atoms with Gasteiger partial charge in [-0.25, -0.2) is 13.6 Å². The molecule has 0 radical (unpaired) electrons. The number of hydrogen-bond acceptors (Lipinski definition) is 7. The summed E-state index contributed by atoms with van der Waals surface area (Å²) >= 11 is 0.809. The van der Waals surface area contributed by atoms with E-state index in [2.05, 4.69) is 14.6 Å². The molecule has 3 amide bonds. The van der Waals surface area contributed by atoms with E-state index in [1.165, 1.54) is 11.8 Å². The van der Waals surface area contributed by atoms with Gasteiger partial charge in [0.1, 0.15) is 28.3 Å². The number of hydrogen-bond donors (Lipinski definition) is 3. The maximum absolute atomic E-state index is 14.1. The number of aliphatic hydroxyl groups is 1. The molecule has 3 rings (SSSR count). The van der Waals surface area contributed by atoms with Crippen LogP contribution < -0.4 is 15.8 Å². The molecule has 4 N–H and O–H groups in total. The van der Waals surface area contributed by atoms with Crippen LogP contribution in [0.2, 0.25) is 0 Å². The normalized spacial score (nSPS) is 17.1. The van der Waals surface area contributed by atoms with Crippen molar-refractivity contribution >= 4 is 28.5 Å². The third kappa shape index (κ3) is 7.33. The summed E-state index contributed by atoms with van der Waals surface area (Å²) in [5, 5.41) is 12.5. The number of carbonyl (C=O) groups is 2. The van der Waals surface area contributed by atoms with Crippen LogP contribution >= 0.6 is 11.5 Å². The van der Waals surface area contributed by atoms with Crippen molar-refractivity contribution < 1.29 is 28.2 Å². The number of anilines is 1. The molecule has 0 bridgehead atoms. The number of unbranched alkanes of at least 4 members (excludes halogenated alkanes) is 1. The van der Waals surface area contributed by atoms with Gasteiger partial charge in [-0.05, 0) is 75.4 Å². The van der Waals surface area contributed by atoms with Crippen LogP contribution in [-0.2, 0) is 0 Å². The number of piperidine rings is 1. The second kappa shape index (κ2) is 12.2. The maximum atomic E-state index is 14.1. The van der Waals surface area contributed by atoms with Crippen molar-refractivity contribution in [3.05, 3.63) is 41.0 Å². The fourth-order valence-corrected chi connectivity index (χ4v) is 4.65. The fourth-order valence-electron chi connectivity index (χ4n) is 3.93. The molecule has 12 heteroatoms. The van der Waals surface area contributed by atoms with Crippen molar-refractivity contribution in [3.63, 3.8) is 0 Å². The monoisotopic (exact) mass is 511 g/mol. The quantitative estimate of drug-likeness (QED) is 0.421. The maximum Gasteiger partial charge on any atom is 0.322 e. The largest absolute Gasteiger partial charge is 0.468 e. The van der Waals surface area contributed by atoms with Crippen LogP contribution in [0.1, 0.15) is 54.6 Å². The summed E-state index contributed by atoms with van der Waals surface area (Å²) in [5.74, 6) is -2.33. The molecule has 2 heterocycles. The molecule has 1 aromatic heterocycles. The van der Waals surface area contributed by atoms with E-state index in [-0.39, 0.29) is 28.1 Å². The molecule has 2 unspecified atom stereocenters. The van der Waals surface area contributed by atoms with Gasteiger partial charge in [-0.1, -0.05) is 0 Å². The van der Waals surface area contributed by atoms with Crippen LogP contribution in [0.5, 0.6) is 5.88 Å². The Morgan fingerprint density at radius 1 is 1.40 bits per heavy atom. The number of β-amino-alcohol motifs (C(OH)–C–C–N with tert-alkyl or cyclic N) is 1. The summed E-state index contributed by atoms with van der Waals surface area (Å²) in [6, 6.07) is 2.53. The molecule has 2 aromatic rings. The van der Waals surface area contributed by atoms with E-state index in [0.717, 1.165) is 68.5 Å². The molecule has 1 aliphatic heterocycles. The van der Waals surface area contributed by atoms with E-state index in [1.54, 1.807) is 7.05 Å².